The molecule has 0 saturated heterocycles. The zero-order valence-corrected chi connectivity index (χ0v) is 11.9. The Morgan fingerprint density at radius 3 is 1.80 bits per heavy atom. The Morgan fingerprint density at radius 1 is 1.00 bits per heavy atom. The van der Waals surface area contributed by atoms with Gasteiger partial charge < -0.3 is 5.73 Å². The molecule has 2 unspecified atom stereocenters. The van der Waals surface area contributed by atoms with Crippen LogP contribution in [0.2, 0.25) is 0 Å². The molecule has 2 N–H and O–H groups in total. The molecule has 0 amide bonds. The quantitative estimate of drug-likeness (QED) is 0.743. The smallest absolute Gasteiger partial charge is 0.00417 e. The van der Waals surface area contributed by atoms with Crippen molar-refractivity contribution in [2.45, 2.75) is 73.8 Å². The van der Waals surface area contributed by atoms with E-state index >= 15 is 0 Å². The minimum Gasteiger partial charge on any atom is -0.328 e. The highest BCUT2D eigenvalue weighted by atomic mass is 14.6. The zero-order chi connectivity index (χ0) is 12.3. The van der Waals surface area contributed by atoms with Crippen LogP contribution in [0.4, 0.5) is 0 Å². The fraction of sp³-hybridized carbons (Fsp3) is 1.00. The van der Waals surface area contributed by atoms with E-state index in [9.17, 15) is 0 Å². The maximum Gasteiger partial charge on any atom is 0.00417 e. The van der Waals surface area contributed by atoms with Crippen LogP contribution in [0, 0.1) is 16.7 Å². The van der Waals surface area contributed by atoms with Crippen molar-refractivity contribution in [3.05, 3.63) is 0 Å². The fourth-order valence-corrected chi connectivity index (χ4v) is 1.54. The molecule has 2 atom stereocenters. The average molecular weight is 213 g/mol. The summed E-state index contributed by atoms with van der Waals surface area (Å²) in [6.07, 6.45) is 3.54. The Labute approximate surface area is 96.8 Å². The van der Waals surface area contributed by atoms with Gasteiger partial charge >= 0.3 is 0 Å². The molecule has 0 saturated carbocycles. The number of nitrogens with two attached hydrogens (primary N) is 1. The molecule has 0 aliphatic rings. The van der Waals surface area contributed by atoms with E-state index < -0.39 is 0 Å². The van der Waals surface area contributed by atoms with Gasteiger partial charge in [-0.25, -0.2) is 0 Å². The summed E-state index contributed by atoms with van der Waals surface area (Å²) in [6, 6.07) is 0.374. The Morgan fingerprint density at radius 2 is 1.47 bits per heavy atom. The summed E-state index contributed by atoms with van der Waals surface area (Å²) in [5.41, 5.74) is 6.99. The molecule has 1 nitrogen and oxygen atoms in total. The van der Waals surface area contributed by atoms with Crippen LogP contribution >= 0.6 is 0 Å². The maximum atomic E-state index is 6.18. The standard InChI is InChI=1S/C14H31N/c1-11(14(5,6)7)10-12(15)8-9-13(2,3)4/h11-12H,8-10,15H2,1-7H3. The van der Waals surface area contributed by atoms with Gasteiger partial charge in [0.2, 0.25) is 0 Å². The van der Waals surface area contributed by atoms with E-state index in [0.717, 1.165) is 12.8 Å². The second-order valence-electron chi connectivity index (χ2n) is 7.36. The summed E-state index contributed by atoms with van der Waals surface area (Å²) < 4.78 is 0. The molecule has 15 heavy (non-hydrogen) atoms. The van der Waals surface area contributed by atoms with E-state index in [1.165, 1.54) is 6.42 Å². The van der Waals surface area contributed by atoms with E-state index in [1.807, 2.05) is 0 Å². The van der Waals surface area contributed by atoms with Crippen LogP contribution in [0.3, 0.4) is 0 Å². The lowest BCUT2D eigenvalue weighted by Crippen LogP contribution is -2.29. The summed E-state index contributed by atoms with van der Waals surface area (Å²) in [5, 5.41) is 0. The second kappa shape index (κ2) is 5.34. The van der Waals surface area contributed by atoms with Gasteiger partial charge in [0.15, 0.2) is 0 Å². The van der Waals surface area contributed by atoms with Crippen molar-refractivity contribution >= 4 is 0 Å². The first kappa shape index (κ1) is 15.0. The molecule has 0 spiro atoms. The van der Waals surface area contributed by atoms with Crippen LogP contribution in [0.25, 0.3) is 0 Å². The second-order valence-corrected chi connectivity index (χ2v) is 7.36. The molecule has 0 rings (SSSR count). The zero-order valence-electron chi connectivity index (χ0n) is 11.9. The summed E-state index contributed by atoms with van der Waals surface area (Å²) in [5.74, 6) is 0.701. The van der Waals surface area contributed by atoms with Crippen LogP contribution in [-0.2, 0) is 0 Å². The Kier molecular flexibility index (Phi) is 5.32. The van der Waals surface area contributed by atoms with Gasteiger partial charge in [-0.2, -0.15) is 0 Å². The van der Waals surface area contributed by atoms with E-state index in [0.29, 0.717) is 22.8 Å². The largest absolute Gasteiger partial charge is 0.328 e. The van der Waals surface area contributed by atoms with Gasteiger partial charge in [0.25, 0.3) is 0 Å². The SMILES string of the molecule is CC(CC(N)CCC(C)(C)C)C(C)(C)C. The fourth-order valence-electron chi connectivity index (χ4n) is 1.54. The van der Waals surface area contributed by atoms with Gasteiger partial charge in [-0.3, -0.25) is 0 Å². The highest BCUT2D eigenvalue weighted by molar-refractivity contribution is 4.76. The molecular weight excluding hydrogens is 182 g/mol. The van der Waals surface area contributed by atoms with Crippen LogP contribution < -0.4 is 5.73 Å². The van der Waals surface area contributed by atoms with E-state index in [2.05, 4.69) is 48.5 Å². The molecule has 0 radical (unpaired) electrons. The highest BCUT2D eigenvalue weighted by Gasteiger charge is 2.22. The van der Waals surface area contributed by atoms with Gasteiger partial charge in [-0.15, -0.1) is 0 Å². The molecule has 1 heteroatoms. The molecule has 0 fully saturated rings. The van der Waals surface area contributed by atoms with Crippen LogP contribution in [0.15, 0.2) is 0 Å². The Balaban J connectivity index is 3.89. The third-order valence-corrected chi connectivity index (χ3v) is 3.40. The molecule has 0 aliphatic heterocycles. The molecule has 0 aromatic carbocycles. The predicted octanol–water partition coefficient (Wildman–Crippen LogP) is 4.21. The Hall–Kier alpha value is -0.0400. The first-order valence-corrected chi connectivity index (χ1v) is 6.28. The third-order valence-electron chi connectivity index (χ3n) is 3.40. The Bertz CT molecular complexity index is 171. The van der Waals surface area contributed by atoms with Crippen LogP contribution in [-0.4, -0.2) is 6.04 Å². The minimum atomic E-state index is 0.374. The van der Waals surface area contributed by atoms with Crippen LogP contribution in [0.5, 0.6) is 0 Å². The maximum absolute atomic E-state index is 6.18. The normalized spacial score (nSPS) is 17.6. The highest BCUT2D eigenvalue weighted by Crippen LogP contribution is 2.30. The van der Waals surface area contributed by atoms with Gasteiger partial charge in [0.1, 0.15) is 0 Å². The van der Waals surface area contributed by atoms with Crippen molar-refractivity contribution in [1.29, 1.82) is 0 Å². The summed E-state index contributed by atoms with van der Waals surface area (Å²) in [6.45, 7) is 16.1. The number of hydrogen-bond donors (Lipinski definition) is 1. The lowest BCUT2D eigenvalue weighted by molar-refractivity contribution is 0.223. The number of rotatable bonds is 4. The first-order chi connectivity index (χ1) is 6.52. The predicted molar refractivity (Wildman–Crippen MR) is 69.9 cm³/mol. The minimum absolute atomic E-state index is 0.374. The lowest BCUT2D eigenvalue weighted by Gasteiger charge is -2.30. The average Bonchev–Trinajstić information content (AvgIpc) is 1.97. The van der Waals surface area contributed by atoms with Gasteiger partial charge in [-0.1, -0.05) is 48.5 Å². The molecule has 0 bridgehead atoms. The van der Waals surface area contributed by atoms with Gasteiger partial charge in [-0.05, 0) is 36.0 Å². The molecule has 0 aromatic heterocycles. The van der Waals surface area contributed by atoms with Crippen molar-refractivity contribution in [2.75, 3.05) is 0 Å². The van der Waals surface area contributed by atoms with Crippen molar-refractivity contribution in [3.8, 4) is 0 Å². The molecule has 0 aliphatic carbocycles. The first-order valence-electron chi connectivity index (χ1n) is 6.28. The van der Waals surface area contributed by atoms with E-state index in [1.54, 1.807) is 0 Å². The third kappa shape index (κ3) is 7.84. The monoisotopic (exact) mass is 213 g/mol. The van der Waals surface area contributed by atoms with Crippen molar-refractivity contribution in [2.24, 2.45) is 22.5 Å². The van der Waals surface area contributed by atoms with Crippen molar-refractivity contribution in [3.63, 3.8) is 0 Å². The molecule has 92 valence electrons. The molecular formula is C14H31N. The summed E-state index contributed by atoms with van der Waals surface area (Å²) in [4.78, 5) is 0. The van der Waals surface area contributed by atoms with Crippen LogP contribution in [0.1, 0.15) is 67.7 Å². The molecule has 0 heterocycles. The number of hydrogen-bond acceptors (Lipinski definition) is 1. The van der Waals surface area contributed by atoms with Gasteiger partial charge in [0, 0.05) is 6.04 Å². The van der Waals surface area contributed by atoms with E-state index in [4.69, 9.17) is 5.73 Å². The van der Waals surface area contributed by atoms with Gasteiger partial charge in [0.05, 0.1) is 0 Å². The van der Waals surface area contributed by atoms with Crippen molar-refractivity contribution in [1.82, 2.24) is 0 Å². The van der Waals surface area contributed by atoms with Crippen molar-refractivity contribution < 1.29 is 0 Å². The summed E-state index contributed by atoms with van der Waals surface area (Å²) >= 11 is 0. The van der Waals surface area contributed by atoms with E-state index in [-0.39, 0.29) is 0 Å². The lowest BCUT2D eigenvalue weighted by atomic mass is 9.77. The molecule has 0 aromatic rings. The topological polar surface area (TPSA) is 26.0 Å². The summed E-state index contributed by atoms with van der Waals surface area (Å²) in [7, 11) is 0.